The molecule has 0 radical (unpaired) electrons. The van der Waals surface area contributed by atoms with Crippen LogP contribution < -0.4 is 9.62 Å². The van der Waals surface area contributed by atoms with Crippen LogP contribution in [-0.4, -0.2) is 47.2 Å². The molecule has 5 aromatic rings. The molecule has 1 fully saturated rings. The molecule has 184 valence electrons. The Hall–Kier alpha value is -4.23. The lowest BCUT2D eigenvalue weighted by molar-refractivity contribution is 0.124. The molecule has 2 aromatic heterocycles. The first-order valence-corrected chi connectivity index (χ1v) is 13.3. The van der Waals surface area contributed by atoms with E-state index >= 15 is 0 Å². The fraction of sp³-hybridized carbons (Fsp3) is 0.143. The van der Waals surface area contributed by atoms with E-state index in [1.165, 1.54) is 10.6 Å². The van der Waals surface area contributed by atoms with Crippen LogP contribution in [0.2, 0.25) is 0 Å². The molecule has 1 aliphatic rings. The molecule has 0 aliphatic carbocycles. The Labute approximate surface area is 214 Å². The number of sulfonamides is 1. The summed E-state index contributed by atoms with van der Waals surface area (Å²) >= 11 is 0. The van der Waals surface area contributed by atoms with Crippen LogP contribution in [0.5, 0.6) is 0 Å². The lowest BCUT2D eigenvalue weighted by atomic mass is 10.0. The average Bonchev–Trinajstić information content (AvgIpc) is 3.57. The Morgan fingerprint density at radius 3 is 2.68 bits per heavy atom. The van der Waals surface area contributed by atoms with E-state index in [4.69, 9.17) is 0 Å². The Bertz CT molecular complexity index is 1780. The summed E-state index contributed by atoms with van der Waals surface area (Å²) in [6, 6.07) is 20.9. The third-order valence-electron chi connectivity index (χ3n) is 6.43. The van der Waals surface area contributed by atoms with E-state index in [0.29, 0.717) is 41.7 Å². The van der Waals surface area contributed by atoms with E-state index in [2.05, 4.69) is 32.1 Å². The molecule has 0 amide bonds. The van der Waals surface area contributed by atoms with E-state index in [-0.39, 0.29) is 10.7 Å². The third-order valence-corrected chi connectivity index (χ3v) is 8.16. The second-order valence-electron chi connectivity index (χ2n) is 8.97. The summed E-state index contributed by atoms with van der Waals surface area (Å²) in [6.07, 6.45) is 3.72. The molecule has 1 unspecified atom stereocenters. The number of fused-ring (bicyclic) bond motifs is 2. The number of nitrogens with zero attached hydrogens (tertiary/aromatic N) is 3. The van der Waals surface area contributed by atoms with Crippen LogP contribution in [0.25, 0.3) is 21.8 Å². The first-order valence-electron chi connectivity index (χ1n) is 11.8. The van der Waals surface area contributed by atoms with Crippen LogP contribution >= 0.6 is 0 Å². The predicted octanol–water partition coefficient (Wildman–Crippen LogP) is 3.71. The van der Waals surface area contributed by atoms with Crippen molar-refractivity contribution in [2.24, 2.45) is 0 Å². The van der Waals surface area contributed by atoms with Crippen molar-refractivity contribution in [2.45, 2.75) is 16.9 Å². The molecule has 0 bridgehead atoms. The average molecular weight is 510 g/mol. The fourth-order valence-corrected chi connectivity index (χ4v) is 5.97. The molecular formula is C28H23N5O3S. The monoisotopic (exact) mass is 509 g/mol. The number of aliphatic hydroxyl groups is 1. The predicted molar refractivity (Wildman–Crippen MR) is 143 cm³/mol. The van der Waals surface area contributed by atoms with Gasteiger partial charge in [0.2, 0.25) is 0 Å². The highest BCUT2D eigenvalue weighted by Gasteiger charge is 2.30. The molecule has 3 aromatic carbocycles. The van der Waals surface area contributed by atoms with Crippen LogP contribution in [-0.2, 0) is 10.0 Å². The second kappa shape index (κ2) is 9.01. The molecule has 1 aliphatic heterocycles. The zero-order valence-electron chi connectivity index (χ0n) is 19.7. The standard InChI is InChI=1S/C28H23N5O3S/c34-28(13-15-29-18-28)12-10-20-6-8-26-24(16-20)27(32-19-31-26)33(37(35,36)23-4-2-1-3-5-23)22-7-9-25-21(17-22)11-14-30-25/h1-9,11,14,16-17,19,29-30,34H,13,15,18H2. The summed E-state index contributed by atoms with van der Waals surface area (Å²) in [5.41, 5.74) is 1.46. The summed E-state index contributed by atoms with van der Waals surface area (Å²) in [4.78, 5) is 12.1. The smallest absolute Gasteiger partial charge is 0.269 e. The first kappa shape index (κ1) is 23.2. The molecule has 8 nitrogen and oxygen atoms in total. The van der Waals surface area contributed by atoms with Crippen molar-refractivity contribution in [3.05, 3.63) is 90.9 Å². The second-order valence-corrected chi connectivity index (χ2v) is 10.8. The summed E-state index contributed by atoms with van der Waals surface area (Å²) < 4.78 is 29.4. The van der Waals surface area contributed by atoms with Crippen molar-refractivity contribution in [1.82, 2.24) is 20.3 Å². The van der Waals surface area contributed by atoms with Crippen molar-refractivity contribution < 1.29 is 13.5 Å². The lowest BCUT2D eigenvalue weighted by Gasteiger charge is -2.25. The summed E-state index contributed by atoms with van der Waals surface area (Å²) in [6.45, 7) is 1.12. The summed E-state index contributed by atoms with van der Waals surface area (Å²) in [7, 11) is -4.05. The number of H-pyrrole nitrogens is 1. The molecule has 6 rings (SSSR count). The van der Waals surface area contributed by atoms with Gasteiger partial charge in [0.25, 0.3) is 10.0 Å². The van der Waals surface area contributed by atoms with Crippen LogP contribution in [0.1, 0.15) is 12.0 Å². The highest BCUT2D eigenvalue weighted by atomic mass is 32.2. The van der Waals surface area contributed by atoms with Crippen LogP contribution in [0.4, 0.5) is 11.5 Å². The lowest BCUT2D eigenvalue weighted by Crippen LogP contribution is -2.29. The molecule has 1 atom stereocenters. The summed E-state index contributed by atoms with van der Waals surface area (Å²) in [5.74, 6) is 6.22. The van der Waals surface area contributed by atoms with Gasteiger partial charge in [-0.1, -0.05) is 30.0 Å². The largest absolute Gasteiger partial charge is 0.376 e. The van der Waals surface area contributed by atoms with Crippen LogP contribution in [0, 0.1) is 11.8 Å². The number of aromatic amines is 1. The number of hydrogen-bond acceptors (Lipinski definition) is 6. The highest BCUT2D eigenvalue weighted by Crippen LogP contribution is 2.36. The maximum atomic E-state index is 14.1. The van der Waals surface area contributed by atoms with Crippen molar-refractivity contribution in [3.8, 4) is 11.8 Å². The molecular weight excluding hydrogens is 486 g/mol. The Morgan fingerprint density at radius 2 is 1.86 bits per heavy atom. The van der Waals surface area contributed by atoms with Crippen LogP contribution in [0.15, 0.2) is 90.2 Å². The number of benzene rings is 3. The van der Waals surface area contributed by atoms with Crippen LogP contribution in [0.3, 0.4) is 0 Å². The van der Waals surface area contributed by atoms with Gasteiger partial charge in [0.05, 0.1) is 16.1 Å². The molecule has 3 N–H and O–H groups in total. The van der Waals surface area contributed by atoms with E-state index in [1.54, 1.807) is 54.6 Å². The number of rotatable bonds is 4. The molecule has 1 saturated heterocycles. The van der Waals surface area contributed by atoms with Gasteiger partial charge >= 0.3 is 0 Å². The topological polar surface area (TPSA) is 111 Å². The Balaban J connectivity index is 1.55. The fourth-order valence-electron chi connectivity index (χ4n) is 4.50. The zero-order chi connectivity index (χ0) is 25.5. The number of hydrogen-bond donors (Lipinski definition) is 3. The van der Waals surface area contributed by atoms with Gasteiger partial charge in [0.1, 0.15) is 11.9 Å². The van der Waals surface area contributed by atoms with Gasteiger partial charge in [0, 0.05) is 41.0 Å². The van der Waals surface area contributed by atoms with Gasteiger partial charge in [-0.2, -0.15) is 0 Å². The molecule has 9 heteroatoms. The number of aromatic nitrogens is 3. The molecule has 0 spiro atoms. The van der Waals surface area contributed by atoms with Gasteiger partial charge in [-0.3, -0.25) is 0 Å². The third kappa shape index (κ3) is 4.32. The van der Waals surface area contributed by atoms with Gasteiger partial charge in [-0.15, -0.1) is 0 Å². The zero-order valence-corrected chi connectivity index (χ0v) is 20.5. The molecule has 0 saturated carbocycles. The maximum absolute atomic E-state index is 14.1. The molecule has 37 heavy (non-hydrogen) atoms. The van der Waals surface area contributed by atoms with Gasteiger partial charge in [-0.05, 0) is 61.1 Å². The Morgan fingerprint density at radius 1 is 1.00 bits per heavy atom. The highest BCUT2D eigenvalue weighted by molar-refractivity contribution is 7.93. The van der Waals surface area contributed by atoms with Crippen molar-refractivity contribution in [1.29, 1.82) is 0 Å². The minimum Gasteiger partial charge on any atom is -0.376 e. The normalized spacial score (nSPS) is 17.5. The van der Waals surface area contributed by atoms with Crippen molar-refractivity contribution in [3.63, 3.8) is 0 Å². The summed E-state index contributed by atoms with van der Waals surface area (Å²) in [5, 5.41) is 15.1. The SMILES string of the molecule is O=S(=O)(c1ccccc1)N(c1ccc2[nH]ccc2c1)c1ncnc2ccc(C#CC3(O)CCNC3)cc12. The number of β-amino-alcohol motifs (C(OH)–C–C–N with tert-alkyl or cyclic N) is 1. The quantitative estimate of drug-likeness (QED) is 0.319. The minimum atomic E-state index is -4.05. The van der Waals surface area contributed by atoms with E-state index in [1.807, 2.05) is 24.4 Å². The van der Waals surface area contributed by atoms with Gasteiger partial charge < -0.3 is 15.4 Å². The van der Waals surface area contributed by atoms with E-state index in [0.717, 1.165) is 10.9 Å². The van der Waals surface area contributed by atoms with Gasteiger partial charge in [-0.25, -0.2) is 22.7 Å². The van der Waals surface area contributed by atoms with Gasteiger partial charge in [0.15, 0.2) is 5.82 Å². The number of anilines is 2. The minimum absolute atomic E-state index is 0.142. The molecule has 3 heterocycles. The van der Waals surface area contributed by atoms with Crippen molar-refractivity contribution in [2.75, 3.05) is 17.4 Å². The maximum Gasteiger partial charge on any atom is 0.269 e. The van der Waals surface area contributed by atoms with Crippen molar-refractivity contribution >= 4 is 43.3 Å². The Kier molecular flexibility index (Phi) is 5.65. The van der Waals surface area contributed by atoms with E-state index in [9.17, 15) is 13.5 Å². The first-order chi connectivity index (χ1) is 17.9. The number of nitrogens with one attached hydrogen (secondary N) is 2. The van der Waals surface area contributed by atoms with E-state index < -0.39 is 15.6 Å².